The highest BCUT2D eigenvalue weighted by Gasteiger charge is 2.14. The molecule has 0 bridgehead atoms. The van der Waals surface area contributed by atoms with Gasteiger partial charge in [-0.25, -0.2) is 13.1 Å². The molecule has 0 aliphatic heterocycles. The van der Waals surface area contributed by atoms with Crippen molar-refractivity contribution in [1.82, 2.24) is 9.71 Å². The third-order valence-corrected chi connectivity index (χ3v) is 2.76. The van der Waals surface area contributed by atoms with E-state index in [0.29, 0.717) is 17.5 Å². The van der Waals surface area contributed by atoms with Crippen molar-refractivity contribution in [1.29, 1.82) is 0 Å². The molecule has 1 radical (unpaired) electrons. The molecular weight excluding hydrogens is 228 g/mol. The molecule has 0 saturated heterocycles. The Balaban J connectivity index is 2.94. The zero-order chi connectivity index (χ0) is 12.2. The van der Waals surface area contributed by atoms with Crippen molar-refractivity contribution < 1.29 is 13.5 Å². The molecule has 0 aliphatic carbocycles. The zero-order valence-corrected chi connectivity index (χ0v) is 9.87. The topological polar surface area (TPSA) is 79.3 Å². The molecule has 0 saturated carbocycles. The summed E-state index contributed by atoms with van der Waals surface area (Å²) in [5.41, 5.74) is 1.35. The predicted molar refractivity (Wildman–Crippen MR) is 60.9 cm³/mol. The first kappa shape index (κ1) is 13.1. The summed E-state index contributed by atoms with van der Waals surface area (Å²) >= 11 is 0. The van der Waals surface area contributed by atoms with E-state index in [0.717, 1.165) is 6.26 Å². The van der Waals surface area contributed by atoms with Crippen molar-refractivity contribution in [3.63, 3.8) is 0 Å². The average molecular weight is 243 g/mol. The standard InChI is InChI=1S/C10H15N2O3S/c1-3-10(12-16(2,14)15)9-4-8(7-13)5-11-6-9/h4-6,10,12-13H,1,3,7H2,2H3. The van der Waals surface area contributed by atoms with Crippen molar-refractivity contribution in [2.75, 3.05) is 6.26 Å². The van der Waals surface area contributed by atoms with Crippen molar-refractivity contribution >= 4 is 10.0 Å². The van der Waals surface area contributed by atoms with Crippen LogP contribution < -0.4 is 4.72 Å². The summed E-state index contributed by atoms with van der Waals surface area (Å²) in [6, 6.07) is 1.30. The van der Waals surface area contributed by atoms with Crippen molar-refractivity contribution in [2.45, 2.75) is 19.1 Å². The lowest BCUT2D eigenvalue weighted by atomic mass is 10.1. The van der Waals surface area contributed by atoms with Crippen LogP contribution in [-0.4, -0.2) is 24.8 Å². The Hall–Kier alpha value is -0.980. The van der Waals surface area contributed by atoms with Crippen LogP contribution in [0.4, 0.5) is 0 Å². The van der Waals surface area contributed by atoms with Gasteiger partial charge in [-0.15, -0.1) is 0 Å². The summed E-state index contributed by atoms with van der Waals surface area (Å²) in [5, 5.41) is 8.95. The number of pyridine rings is 1. The van der Waals surface area contributed by atoms with Gasteiger partial charge < -0.3 is 5.11 Å². The smallest absolute Gasteiger partial charge is 0.209 e. The molecule has 0 amide bonds. The van der Waals surface area contributed by atoms with Gasteiger partial charge in [0.05, 0.1) is 12.9 Å². The lowest BCUT2D eigenvalue weighted by Crippen LogP contribution is -2.27. The fourth-order valence-corrected chi connectivity index (χ4v) is 2.11. The number of nitrogens with one attached hydrogen (secondary N) is 1. The Morgan fingerprint density at radius 3 is 2.75 bits per heavy atom. The zero-order valence-electron chi connectivity index (χ0n) is 9.05. The van der Waals surface area contributed by atoms with E-state index in [1.807, 2.05) is 0 Å². The van der Waals surface area contributed by atoms with Crippen LogP contribution in [0.1, 0.15) is 23.6 Å². The lowest BCUT2D eigenvalue weighted by molar-refractivity contribution is 0.281. The van der Waals surface area contributed by atoms with Gasteiger partial charge in [-0.2, -0.15) is 0 Å². The van der Waals surface area contributed by atoms with Gasteiger partial charge in [0, 0.05) is 18.4 Å². The lowest BCUT2D eigenvalue weighted by Gasteiger charge is -2.15. The molecule has 0 aliphatic rings. The molecule has 1 rings (SSSR count). The maximum Gasteiger partial charge on any atom is 0.209 e. The molecule has 1 unspecified atom stereocenters. The van der Waals surface area contributed by atoms with Crippen LogP contribution in [0.5, 0.6) is 0 Å². The number of hydrogen-bond acceptors (Lipinski definition) is 4. The highest BCUT2D eigenvalue weighted by Crippen LogP contribution is 2.17. The SMILES string of the molecule is [CH2]CC(NS(C)(=O)=O)c1cncc(CO)c1. The normalized spacial score (nSPS) is 13.7. The van der Waals surface area contributed by atoms with Gasteiger partial charge in [0.15, 0.2) is 0 Å². The summed E-state index contributed by atoms with van der Waals surface area (Å²) in [5.74, 6) is 0. The maximum absolute atomic E-state index is 11.1. The number of aliphatic hydroxyl groups is 1. The molecular formula is C10H15N2O3S. The van der Waals surface area contributed by atoms with Gasteiger partial charge in [0.2, 0.25) is 10.0 Å². The van der Waals surface area contributed by atoms with Gasteiger partial charge in [0.1, 0.15) is 0 Å². The molecule has 6 heteroatoms. The van der Waals surface area contributed by atoms with Gasteiger partial charge >= 0.3 is 0 Å². The largest absolute Gasteiger partial charge is 0.392 e. The van der Waals surface area contributed by atoms with Gasteiger partial charge in [-0.3, -0.25) is 4.98 Å². The Morgan fingerprint density at radius 1 is 1.56 bits per heavy atom. The summed E-state index contributed by atoms with van der Waals surface area (Å²) in [7, 11) is -3.28. The first-order valence-electron chi connectivity index (χ1n) is 4.77. The molecule has 1 aromatic heterocycles. The Kier molecular flexibility index (Phi) is 4.40. The van der Waals surface area contributed by atoms with Crippen LogP contribution in [0.15, 0.2) is 18.5 Å². The second-order valence-corrected chi connectivity index (χ2v) is 5.30. The molecule has 5 nitrogen and oxygen atoms in total. The monoisotopic (exact) mass is 243 g/mol. The minimum Gasteiger partial charge on any atom is -0.392 e. The highest BCUT2D eigenvalue weighted by molar-refractivity contribution is 7.88. The molecule has 0 aromatic carbocycles. The van der Waals surface area contributed by atoms with E-state index in [-0.39, 0.29) is 6.61 Å². The second-order valence-electron chi connectivity index (χ2n) is 3.52. The molecule has 1 heterocycles. The van der Waals surface area contributed by atoms with E-state index in [4.69, 9.17) is 5.11 Å². The van der Waals surface area contributed by atoms with E-state index in [1.165, 1.54) is 6.20 Å². The predicted octanol–water partition coefficient (Wildman–Crippen LogP) is 0.388. The van der Waals surface area contributed by atoms with E-state index < -0.39 is 16.1 Å². The number of sulfonamides is 1. The van der Waals surface area contributed by atoms with E-state index in [1.54, 1.807) is 12.3 Å². The molecule has 1 aromatic rings. The Bertz CT molecular complexity index is 445. The molecule has 89 valence electrons. The minimum atomic E-state index is -3.28. The van der Waals surface area contributed by atoms with Crippen LogP contribution in [0, 0.1) is 6.92 Å². The Labute approximate surface area is 95.6 Å². The summed E-state index contributed by atoms with van der Waals surface area (Å²) in [4.78, 5) is 3.93. The molecule has 0 spiro atoms. The van der Waals surface area contributed by atoms with E-state index in [2.05, 4.69) is 16.6 Å². The summed E-state index contributed by atoms with van der Waals surface area (Å²) in [6.07, 6.45) is 4.57. The third kappa shape index (κ3) is 3.88. The van der Waals surface area contributed by atoms with Crippen LogP contribution in [0.25, 0.3) is 0 Å². The first-order valence-corrected chi connectivity index (χ1v) is 6.66. The number of hydrogen-bond donors (Lipinski definition) is 2. The van der Waals surface area contributed by atoms with Crippen LogP contribution >= 0.6 is 0 Å². The number of aliphatic hydroxyl groups excluding tert-OH is 1. The third-order valence-electron chi connectivity index (χ3n) is 2.05. The molecule has 16 heavy (non-hydrogen) atoms. The van der Waals surface area contributed by atoms with Crippen molar-refractivity contribution in [3.8, 4) is 0 Å². The first-order chi connectivity index (χ1) is 7.46. The summed E-state index contributed by atoms with van der Waals surface area (Å²) in [6.45, 7) is 3.56. The van der Waals surface area contributed by atoms with Gasteiger partial charge in [-0.05, 0) is 23.6 Å². The minimum absolute atomic E-state index is 0.121. The van der Waals surface area contributed by atoms with Gasteiger partial charge in [0.25, 0.3) is 0 Å². The van der Waals surface area contributed by atoms with E-state index in [9.17, 15) is 8.42 Å². The van der Waals surface area contributed by atoms with Gasteiger partial charge in [-0.1, -0.05) is 6.92 Å². The number of rotatable bonds is 5. The molecule has 2 N–H and O–H groups in total. The van der Waals surface area contributed by atoms with Crippen molar-refractivity contribution in [3.05, 3.63) is 36.5 Å². The van der Waals surface area contributed by atoms with E-state index >= 15 is 0 Å². The Morgan fingerprint density at radius 2 is 2.25 bits per heavy atom. The molecule has 1 atom stereocenters. The summed E-state index contributed by atoms with van der Waals surface area (Å²) < 4.78 is 24.7. The average Bonchev–Trinajstić information content (AvgIpc) is 2.25. The number of nitrogens with zero attached hydrogens (tertiary/aromatic N) is 1. The second kappa shape index (κ2) is 5.38. The fourth-order valence-electron chi connectivity index (χ4n) is 1.34. The fraction of sp³-hybridized carbons (Fsp3) is 0.400. The van der Waals surface area contributed by atoms with Crippen LogP contribution in [0.3, 0.4) is 0 Å². The van der Waals surface area contributed by atoms with Crippen LogP contribution in [-0.2, 0) is 16.6 Å². The highest BCUT2D eigenvalue weighted by atomic mass is 32.2. The molecule has 0 fully saturated rings. The maximum atomic E-state index is 11.1. The quantitative estimate of drug-likeness (QED) is 0.784. The number of aromatic nitrogens is 1. The van der Waals surface area contributed by atoms with Crippen LogP contribution in [0.2, 0.25) is 0 Å². The van der Waals surface area contributed by atoms with Crippen molar-refractivity contribution in [2.24, 2.45) is 0 Å².